The van der Waals surface area contributed by atoms with Gasteiger partial charge in [-0.3, -0.25) is 9.78 Å². The van der Waals surface area contributed by atoms with E-state index in [1.807, 2.05) is 54.3 Å². The van der Waals surface area contributed by atoms with Gasteiger partial charge in [0, 0.05) is 18.8 Å². The van der Waals surface area contributed by atoms with E-state index in [9.17, 15) is 9.90 Å². The van der Waals surface area contributed by atoms with Crippen molar-refractivity contribution in [2.24, 2.45) is 0 Å². The van der Waals surface area contributed by atoms with Crippen LogP contribution in [0, 0.1) is 0 Å². The maximum atomic E-state index is 12.9. The molecule has 1 N–H and O–H groups in total. The molecule has 1 saturated heterocycles. The highest BCUT2D eigenvalue weighted by Gasteiger charge is 2.32. The summed E-state index contributed by atoms with van der Waals surface area (Å²) in [6.45, 7) is 2.78. The van der Waals surface area contributed by atoms with Crippen LogP contribution in [0.3, 0.4) is 0 Å². The minimum Gasteiger partial charge on any atom is -0.388 e. The number of aromatic nitrogens is 1. The monoisotopic (exact) mass is 324 g/mol. The second-order valence-corrected chi connectivity index (χ2v) is 6.32. The minimum absolute atomic E-state index is 0.00443. The SMILES string of the molecule is CCc1cccnc1C(=O)N1CCC[C@@H]1C[C@H](O)c1ccccc1. The molecule has 1 fully saturated rings. The fraction of sp³-hybridized carbons (Fsp3) is 0.400. The van der Waals surface area contributed by atoms with E-state index in [0.29, 0.717) is 12.1 Å². The molecule has 0 unspecified atom stereocenters. The number of nitrogens with zero attached hydrogens (tertiary/aromatic N) is 2. The summed E-state index contributed by atoms with van der Waals surface area (Å²) in [4.78, 5) is 19.1. The smallest absolute Gasteiger partial charge is 0.272 e. The van der Waals surface area contributed by atoms with Crippen molar-refractivity contribution in [2.75, 3.05) is 6.54 Å². The van der Waals surface area contributed by atoms with E-state index in [2.05, 4.69) is 4.98 Å². The Morgan fingerprint density at radius 1 is 1.29 bits per heavy atom. The van der Waals surface area contributed by atoms with Gasteiger partial charge in [0.15, 0.2) is 0 Å². The first-order chi connectivity index (χ1) is 11.7. The lowest BCUT2D eigenvalue weighted by atomic mass is 10.00. The molecule has 0 radical (unpaired) electrons. The van der Waals surface area contributed by atoms with Crippen LogP contribution < -0.4 is 0 Å². The van der Waals surface area contributed by atoms with Crippen LogP contribution in [0.4, 0.5) is 0 Å². The van der Waals surface area contributed by atoms with Crippen LogP contribution in [-0.2, 0) is 6.42 Å². The van der Waals surface area contributed by atoms with Crippen LogP contribution >= 0.6 is 0 Å². The maximum Gasteiger partial charge on any atom is 0.272 e. The summed E-state index contributed by atoms with van der Waals surface area (Å²) in [7, 11) is 0. The minimum atomic E-state index is -0.543. The molecule has 4 nitrogen and oxygen atoms in total. The van der Waals surface area contributed by atoms with Crippen LogP contribution in [0.1, 0.15) is 53.9 Å². The Bertz CT molecular complexity index is 687. The van der Waals surface area contributed by atoms with Gasteiger partial charge in [-0.25, -0.2) is 0 Å². The van der Waals surface area contributed by atoms with E-state index in [1.54, 1.807) is 6.20 Å². The number of rotatable bonds is 5. The molecule has 2 atom stereocenters. The first-order valence-corrected chi connectivity index (χ1v) is 8.68. The Morgan fingerprint density at radius 3 is 2.83 bits per heavy atom. The lowest BCUT2D eigenvalue weighted by molar-refractivity contribution is 0.0660. The van der Waals surface area contributed by atoms with Crippen molar-refractivity contribution < 1.29 is 9.90 Å². The Morgan fingerprint density at radius 2 is 2.08 bits per heavy atom. The van der Waals surface area contributed by atoms with Gasteiger partial charge in [0.05, 0.1) is 6.10 Å². The first-order valence-electron chi connectivity index (χ1n) is 8.68. The van der Waals surface area contributed by atoms with Gasteiger partial charge in [0.2, 0.25) is 0 Å². The first kappa shape index (κ1) is 16.7. The molecule has 1 amide bonds. The summed E-state index contributed by atoms with van der Waals surface area (Å²) in [5.74, 6) is -0.00443. The highest BCUT2D eigenvalue weighted by molar-refractivity contribution is 5.94. The van der Waals surface area contributed by atoms with Crippen molar-refractivity contribution in [3.05, 3.63) is 65.5 Å². The van der Waals surface area contributed by atoms with Crippen LogP contribution in [0.25, 0.3) is 0 Å². The molecule has 1 aliphatic rings. The molecule has 0 saturated carbocycles. The fourth-order valence-electron chi connectivity index (χ4n) is 3.47. The standard InChI is InChI=1S/C20H24N2O2/c1-2-15-10-6-12-21-19(15)20(24)22-13-7-11-17(22)14-18(23)16-8-4-3-5-9-16/h3-6,8-10,12,17-18,23H,2,7,11,13-14H2,1H3/t17-,18+/m1/s1. The summed E-state index contributed by atoms with van der Waals surface area (Å²) < 4.78 is 0. The van der Waals surface area contributed by atoms with E-state index < -0.39 is 6.10 Å². The van der Waals surface area contributed by atoms with Crippen molar-refractivity contribution in [3.8, 4) is 0 Å². The van der Waals surface area contributed by atoms with Gasteiger partial charge in [-0.05, 0) is 42.9 Å². The van der Waals surface area contributed by atoms with E-state index >= 15 is 0 Å². The quantitative estimate of drug-likeness (QED) is 0.917. The molecule has 1 aromatic carbocycles. The Balaban J connectivity index is 1.74. The third-order valence-corrected chi connectivity index (χ3v) is 4.79. The van der Waals surface area contributed by atoms with Crippen LogP contribution in [0.5, 0.6) is 0 Å². The molecule has 1 aliphatic heterocycles. The summed E-state index contributed by atoms with van der Waals surface area (Å²) >= 11 is 0. The lowest BCUT2D eigenvalue weighted by Gasteiger charge is -2.27. The van der Waals surface area contributed by atoms with E-state index in [0.717, 1.165) is 36.9 Å². The highest BCUT2D eigenvalue weighted by atomic mass is 16.3. The van der Waals surface area contributed by atoms with Gasteiger partial charge in [-0.15, -0.1) is 0 Å². The van der Waals surface area contributed by atoms with Gasteiger partial charge in [-0.2, -0.15) is 0 Å². The number of carbonyl (C=O) groups is 1. The molecule has 0 spiro atoms. The summed E-state index contributed by atoms with van der Waals surface area (Å²) in [5, 5.41) is 10.5. The number of aliphatic hydroxyl groups is 1. The third kappa shape index (κ3) is 3.49. The number of aryl methyl sites for hydroxylation is 1. The number of pyridine rings is 1. The number of amides is 1. The van der Waals surface area contributed by atoms with Crippen molar-refractivity contribution >= 4 is 5.91 Å². The van der Waals surface area contributed by atoms with Gasteiger partial charge in [0.1, 0.15) is 5.69 Å². The largest absolute Gasteiger partial charge is 0.388 e. The lowest BCUT2D eigenvalue weighted by Crippen LogP contribution is -2.37. The Kier molecular flexibility index (Phi) is 5.26. The predicted octanol–water partition coefficient (Wildman–Crippen LogP) is 3.37. The van der Waals surface area contributed by atoms with E-state index in [1.165, 1.54) is 0 Å². The average molecular weight is 324 g/mol. The predicted molar refractivity (Wildman–Crippen MR) is 93.7 cm³/mol. The number of carbonyl (C=O) groups excluding carboxylic acids is 1. The number of aliphatic hydroxyl groups excluding tert-OH is 1. The van der Waals surface area contributed by atoms with Gasteiger partial charge >= 0.3 is 0 Å². The second-order valence-electron chi connectivity index (χ2n) is 6.32. The molecule has 126 valence electrons. The molecule has 0 aliphatic carbocycles. The molecule has 4 heteroatoms. The van der Waals surface area contributed by atoms with Crippen molar-refractivity contribution in [1.82, 2.24) is 9.88 Å². The zero-order valence-electron chi connectivity index (χ0n) is 14.1. The van der Waals surface area contributed by atoms with E-state index in [4.69, 9.17) is 0 Å². The molecular formula is C20H24N2O2. The average Bonchev–Trinajstić information content (AvgIpc) is 3.09. The third-order valence-electron chi connectivity index (χ3n) is 4.79. The molecule has 3 rings (SSSR count). The second kappa shape index (κ2) is 7.58. The summed E-state index contributed by atoms with van der Waals surface area (Å²) in [6.07, 6.45) is 4.41. The van der Waals surface area contributed by atoms with Crippen molar-refractivity contribution in [3.63, 3.8) is 0 Å². The van der Waals surface area contributed by atoms with Crippen LogP contribution in [0.15, 0.2) is 48.7 Å². The van der Waals surface area contributed by atoms with Gasteiger partial charge < -0.3 is 10.0 Å². The topological polar surface area (TPSA) is 53.4 Å². The van der Waals surface area contributed by atoms with Crippen LogP contribution in [0.2, 0.25) is 0 Å². The Labute approximate surface area is 143 Å². The fourth-order valence-corrected chi connectivity index (χ4v) is 3.47. The summed E-state index contributed by atoms with van der Waals surface area (Å²) in [6, 6.07) is 13.6. The maximum absolute atomic E-state index is 12.9. The molecular weight excluding hydrogens is 300 g/mol. The van der Waals surface area contributed by atoms with Crippen molar-refractivity contribution in [2.45, 2.75) is 44.8 Å². The Hall–Kier alpha value is -2.20. The van der Waals surface area contributed by atoms with Crippen molar-refractivity contribution in [1.29, 1.82) is 0 Å². The van der Waals surface area contributed by atoms with Gasteiger partial charge in [0.25, 0.3) is 5.91 Å². The summed E-state index contributed by atoms with van der Waals surface area (Å²) in [5.41, 5.74) is 2.45. The van der Waals surface area contributed by atoms with Gasteiger partial charge in [-0.1, -0.05) is 43.3 Å². The zero-order valence-corrected chi connectivity index (χ0v) is 14.1. The molecule has 24 heavy (non-hydrogen) atoms. The number of hydrogen-bond donors (Lipinski definition) is 1. The number of likely N-dealkylation sites (tertiary alicyclic amines) is 1. The normalized spacial score (nSPS) is 18.6. The zero-order chi connectivity index (χ0) is 16.9. The molecule has 2 heterocycles. The van der Waals surface area contributed by atoms with E-state index in [-0.39, 0.29) is 11.9 Å². The highest BCUT2D eigenvalue weighted by Crippen LogP contribution is 2.28. The van der Waals surface area contributed by atoms with Crippen LogP contribution in [-0.4, -0.2) is 33.5 Å². The molecule has 1 aromatic heterocycles. The molecule has 0 bridgehead atoms. The number of benzene rings is 1. The number of hydrogen-bond acceptors (Lipinski definition) is 3. The molecule has 2 aromatic rings.